The van der Waals surface area contributed by atoms with Gasteiger partial charge in [0.15, 0.2) is 4.34 Å². The number of thiazole rings is 1. The van der Waals surface area contributed by atoms with Crippen LogP contribution in [0.2, 0.25) is 0 Å². The quantitative estimate of drug-likeness (QED) is 0.378. The minimum Gasteiger partial charge on any atom is -0.296 e. The lowest BCUT2D eigenvalue weighted by Crippen LogP contribution is -2.11. The standard InChI is InChI=1S/C18H14N4OS3/c1-11-2-4-12(5-3-11)9-24-18-22-21-17(26-18)20-16(23)13-6-7-14-15(8-13)25-10-19-14/h2-8,10H,9H2,1H3,(H,20,21,23). The van der Waals surface area contributed by atoms with Crippen LogP contribution in [0.3, 0.4) is 0 Å². The molecule has 1 N–H and O–H groups in total. The molecule has 130 valence electrons. The molecule has 8 heteroatoms. The monoisotopic (exact) mass is 398 g/mol. The Kier molecular flexibility index (Phi) is 4.96. The number of nitrogens with zero attached hydrogens (tertiary/aromatic N) is 3. The second-order valence-corrected chi connectivity index (χ2v) is 8.72. The fourth-order valence-corrected chi connectivity index (χ4v) is 4.73. The zero-order valence-electron chi connectivity index (χ0n) is 13.8. The Balaban J connectivity index is 1.39. The van der Waals surface area contributed by atoms with Gasteiger partial charge in [-0.25, -0.2) is 4.98 Å². The van der Waals surface area contributed by atoms with E-state index >= 15 is 0 Å². The second kappa shape index (κ2) is 7.53. The highest BCUT2D eigenvalue weighted by atomic mass is 32.2. The van der Waals surface area contributed by atoms with E-state index < -0.39 is 0 Å². The highest BCUT2D eigenvalue weighted by Crippen LogP contribution is 2.29. The smallest absolute Gasteiger partial charge is 0.257 e. The van der Waals surface area contributed by atoms with Crippen LogP contribution in [0, 0.1) is 6.92 Å². The van der Waals surface area contributed by atoms with Crippen LogP contribution in [0.1, 0.15) is 21.5 Å². The van der Waals surface area contributed by atoms with Gasteiger partial charge in [0.2, 0.25) is 5.13 Å². The number of amides is 1. The summed E-state index contributed by atoms with van der Waals surface area (Å²) >= 11 is 4.51. The number of benzene rings is 2. The molecule has 0 saturated heterocycles. The minimum absolute atomic E-state index is 0.188. The Labute approximate surface area is 162 Å². The van der Waals surface area contributed by atoms with Crippen LogP contribution in [0.5, 0.6) is 0 Å². The van der Waals surface area contributed by atoms with E-state index in [0.717, 1.165) is 20.3 Å². The van der Waals surface area contributed by atoms with Gasteiger partial charge in [-0.15, -0.1) is 21.5 Å². The number of carbonyl (C=O) groups is 1. The van der Waals surface area contributed by atoms with Gasteiger partial charge >= 0.3 is 0 Å². The number of nitrogens with one attached hydrogen (secondary N) is 1. The third-order valence-electron chi connectivity index (χ3n) is 3.70. The van der Waals surface area contributed by atoms with E-state index in [2.05, 4.69) is 51.7 Å². The number of thioether (sulfide) groups is 1. The second-order valence-electron chi connectivity index (χ2n) is 5.64. The van der Waals surface area contributed by atoms with E-state index in [-0.39, 0.29) is 5.91 Å². The van der Waals surface area contributed by atoms with Crippen molar-refractivity contribution < 1.29 is 4.79 Å². The SMILES string of the molecule is Cc1ccc(CSc2nnc(NC(=O)c3ccc4ncsc4c3)s2)cc1. The first-order chi connectivity index (χ1) is 12.7. The molecule has 0 fully saturated rings. The molecule has 0 aliphatic carbocycles. The van der Waals surface area contributed by atoms with Gasteiger partial charge < -0.3 is 0 Å². The Hall–Kier alpha value is -2.29. The maximum Gasteiger partial charge on any atom is 0.257 e. The van der Waals surface area contributed by atoms with Gasteiger partial charge in [-0.2, -0.15) is 0 Å². The summed E-state index contributed by atoms with van der Waals surface area (Å²) in [5.74, 6) is 0.636. The summed E-state index contributed by atoms with van der Waals surface area (Å²) < 4.78 is 1.82. The summed E-state index contributed by atoms with van der Waals surface area (Å²) in [6.45, 7) is 2.07. The third kappa shape index (κ3) is 3.92. The summed E-state index contributed by atoms with van der Waals surface area (Å²) in [5.41, 5.74) is 5.74. The number of hydrogen-bond acceptors (Lipinski definition) is 7. The van der Waals surface area contributed by atoms with E-state index in [4.69, 9.17) is 0 Å². The largest absolute Gasteiger partial charge is 0.296 e. The van der Waals surface area contributed by atoms with Gasteiger partial charge in [-0.05, 0) is 30.7 Å². The molecule has 4 rings (SSSR count). The Morgan fingerprint density at radius 3 is 2.85 bits per heavy atom. The summed E-state index contributed by atoms with van der Waals surface area (Å²) in [7, 11) is 0. The maximum atomic E-state index is 12.4. The molecular weight excluding hydrogens is 384 g/mol. The lowest BCUT2D eigenvalue weighted by molar-refractivity contribution is 0.102. The van der Waals surface area contributed by atoms with Gasteiger partial charge in [-0.1, -0.05) is 52.9 Å². The fourth-order valence-electron chi connectivity index (χ4n) is 2.31. The molecule has 4 aromatic rings. The molecule has 0 atom stereocenters. The third-order valence-corrected chi connectivity index (χ3v) is 6.54. The number of anilines is 1. The number of aryl methyl sites for hydroxylation is 1. The van der Waals surface area contributed by atoms with Gasteiger partial charge in [0, 0.05) is 11.3 Å². The Morgan fingerprint density at radius 2 is 2.00 bits per heavy atom. The van der Waals surface area contributed by atoms with Crippen molar-refractivity contribution in [3.8, 4) is 0 Å². The van der Waals surface area contributed by atoms with Crippen LogP contribution < -0.4 is 5.32 Å². The zero-order valence-corrected chi connectivity index (χ0v) is 16.3. The van der Waals surface area contributed by atoms with Gasteiger partial charge in [-0.3, -0.25) is 10.1 Å². The molecule has 1 amide bonds. The van der Waals surface area contributed by atoms with Gasteiger partial charge in [0.25, 0.3) is 5.91 Å². The average Bonchev–Trinajstić information content (AvgIpc) is 3.29. The van der Waals surface area contributed by atoms with Crippen LogP contribution >= 0.6 is 34.4 Å². The Morgan fingerprint density at radius 1 is 1.15 bits per heavy atom. The first-order valence-corrected chi connectivity index (χ1v) is 10.5. The number of aromatic nitrogens is 3. The highest BCUT2D eigenvalue weighted by molar-refractivity contribution is 8.00. The van der Waals surface area contributed by atoms with Crippen molar-refractivity contribution in [2.24, 2.45) is 0 Å². The van der Waals surface area contributed by atoms with Crippen molar-refractivity contribution in [3.63, 3.8) is 0 Å². The molecular formula is C18H14N4OS3. The normalized spacial score (nSPS) is 11.0. The van der Waals surface area contributed by atoms with Crippen molar-refractivity contribution in [2.45, 2.75) is 17.0 Å². The molecule has 5 nitrogen and oxygen atoms in total. The minimum atomic E-state index is -0.188. The topological polar surface area (TPSA) is 67.8 Å². The van der Waals surface area contributed by atoms with Crippen LogP contribution in [0.25, 0.3) is 10.2 Å². The number of fused-ring (bicyclic) bond motifs is 1. The van der Waals surface area contributed by atoms with Crippen molar-refractivity contribution in [1.82, 2.24) is 15.2 Å². The number of rotatable bonds is 5. The zero-order chi connectivity index (χ0) is 17.9. The van der Waals surface area contributed by atoms with Crippen molar-refractivity contribution in [2.75, 3.05) is 5.32 Å². The van der Waals surface area contributed by atoms with Crippen LogP contribution in [-0.2, 0) is 5.75 Å². The lowest BCUT2D eigenvalue weighted by Gasteiger charge is -2.01. The van der Waals surface area contributed by atoms with Crippen LogP contribution in [0.4, 0.5) is 5.13 Å². The molecule has 0 bridgehead atoms. The van der Waals surface area contributed by atoms with E-state index in [0.29, 0.717) is 10.7 Å². The molecule has 0 unspecified atom stereocenters. The molecule has 0 saturated carbocycles. The summed E-state index contributed by atoms with van der Waals surface area (Å²) in [5, 5.41) is 11.5. The first kappa shape index (κ1) is 17.1. The molecule has 2 aromatic heterocycles. The predicted molar refractivity (Wildman–Crippen MR) is 108 cm³/mol. The van der Waals surface area contributed by atoms with Crippen molar-refractivity contribution >= 4 is 55.7 Å². The van der Waals surface area contributed by atoms with Gasteiger partial charge in [0.1, 0.15) is 0 Å². The van der Waals surface area contributed by atoms with Gasteiger partial charge in [0.05, 0.1) is 15.7 Å². The fraction of sp³-hybridized carbons (Fsp3) is 0.111. The molecule has 2 heterocycles. The number of hydrogen-bond donors (Lipinski definition) is 1. The van der Waals surface area contributed by atoms with E-state index in [9.17, 15) is 4.79 Å². The first-order valence-electron chi connectivity index (χ1n) is 7.84. The van der Waals surface area contributed by atoms with Crippen molar-refractivity contribution in [1.29, 1.82) is 0 Å². The van der Waals surface area contributed by atoms with E-state index in [1.165, 1.54) is 33.8 Å². The molecule has 0 aliphatic rings. The number of carbonyl (C=O) groups excluding carboxylic acids is 1. The molecule has 0 spiro atoms. The van der Waals surface area contributed by atoms with Crippen molar-refractivity contribution in [3.05, 3.63) is 64.7 Å². The maximum absolute atomic E-state index is 12.4. The lowest BCUT2D eigenvalue weighted by atomic mass is 10.2. The molecule has 0 aliphatic heterocycles. The summed E-state index contributed by atoms with van der Waals surface area (Å²) in [4.78, 5) is 16.6. The Bertz CT molecular complexity index is 1060. The highest BCUT2D eigenvalue weighted by Gasteiger charge is 2.12. The summed E-state index contributed by atoms with van der Waals surface area (Å²) in [6.07, 6.45) is 0. The van der Waals surface area contributed by atoms with Crippen LogP contribution in [0.15, 0.2) is 52.3 Å². The van der Waals surface area contributed by atoms with E-state index in [1.54, 1.807) is 23.3 Å². The predicted octanol–water partition coefficient (Wildman–Crippen LogP) is 5.00. The summed E-state index contributed by atoms with van der Waals surface area (Å²) in [6, 6.07) is 13.9. The molecule has 26 heavy (non-hydrogen) atoms. The molecule has 2 aromatic carbocycles. The average molecular weight is 399 g/mol. The molecule has 0 radical (unpaired) electrons. The van der Waals surface area contributed by atoms with E-state index in [1.807, 2.05) is 12.1 Å². The van der Waals surface area contributed by atoms with Crippen LogP contribution in [-0.4, -0.2) is 21.1 Å².